The monoisotopic (exact) mass is 231 g/mol. The number of carbonyl (C=O) groups is 3. The van der Waals surface area contributed by atoms with E-state index in [4.69, 9.17) is 5.11 Å². The second-order valence-corrected chi connectivity index (χ2v) is 2.93. The maximum atomic E-state index is 11.1. The van der Waals surface area contributed by atoms with Gasteiger partial charge in [-0.25, -0.2) is 4.79 Å². The van der Waals surface area contributed by atoms with E-state index in [2.05, 4.69) is 16.2 Å². The Bertz CT molecular complexity index is 311. The van der Waals surface area contributed by atoms with E-state index in [1.807, 2.05) is 0 Å². The highest BCUT2D eigenvalue weighted by Gasteiger charge is 2.19. The van der Waals surface area contributed by atoms with Crippen molar-refractivity contribution in [3.8, 4) is 0 Å². The number of esters is 1. The normalized spacial score (nSPS) is 9.69. The third-order valence-electron chi connectivity index (χ3n) is 1.41. The molecule has 0 saturated carbocycles. The van der Waals surface area contributed by atoms with Gasteiger partial charge in [0.05, 0.1) is 7.11 Å². The van der Waals surface area contributed by atoms with Gasteiger partial charge in [-0.1, -0.05) is 6.58 Å². The molecular formula is C9H13NO6. The number of carboxylic acid groups (broad SMARTS) is 1. The number of hydrogen-bond acceptors (Lipinski definition) is 6. The van der Waals surface area contributed by atoms with Gasteiger partial charge < -0.3 is 14.7 Å². The lowest BCUT2D eigenvalue weighted by atomic mass is 10.4. The van der Waals surface area contributed by atoms with E-state index < -0.39 is 31.0 Å². The van der Waals surface area contributed by atoms with Crippen LogP contribution in [0.25, 0.3) is 0 Å². The molecule has 7 heteroatoms. The first-order chi connectivity index (χ1) is 7.36. The Morgan fingerprint density at radius 2 is 1.88 bits per heavy atom. The van der Waals surface area contributed by atoms with Crippen LogP contribution in [0.15, 0.2) is 12.2 Å². The number of ether oxygens (including phenoxy) is 1. The number of carbonyl (C=O) groups excluding carboxylic acids is 2. The van der Waals surface area contributed by atoms with Crippen molar-refractivity contribution in [3.05, 3.63) is 12.2 Å². The van der Waals surface area contributed by atoms with Gasteiger partial charge in [0.15, 0.2) is 0 Å². The van der Waals surface area contributed by atoms with E-state index in [1.54, 1.807) is 0 Å². The van der Waals surface area contributed by atoms with Crippen LogP contribution in [0, 0.1) is 0 Å². The summed E-state index contributed by atoms with van der Waals surface area (Å²) in [6.07, 6.45) is 0. The van der Waals surface area contributed by atoms with Crippen LogP contribution in [-0.2, 0) is 24.0 Å². The molecule has 0 aromatic rings. The molecule has 0 amide bonds. The van der Waals surface area contributed by atoms with Gasteiger partial charge in [0.25, 0.3) is 0 Å². The molecule has 0 atom stereocenters. The summed E-state index contributed by atoms with van der Waals surface area (Å²) in [7, 11) is 1.14. The Kier molecular flexibility index (Phi) is 5.79. The predicted octanol–water partition coefficient (Wildman–Crippen LogP) is -0.420. The molecule has 0 aromatic carbocycles. The van der Waals surface area contributed by atoms with Gasteiger partial charge in [0.1, 0.15) is 13.1 Å². The number of methoxy groups -OCH3 is 1. The van der Waals surface area contributed by atoms with Gasteiger partial charge in [-0.15, -0.1) is 5.06 Å². The zero-order valence-electron chi connectivity index (χ0n) is 9.06. The number of aliphatic carboxylic acids is 1. The molecule has 0 rings (SSSR count). The lowest BCUT2D eigenvalue weighted by Gasteiger charge is -2.17. The summed E-state index contributed by atoms with van der Waals surface area (Å²) in [5.74, 6) is -2.75. The zero-order valence-corrected chi connectivity index (χ0v) is 9.06. The van der Waals surface area contributed by atoms with Crippen molar-refractivity contribution in [2.45, 2.75) is 6.92 Å². The van der Waals surface area contributed by atoms with Gasteiger partial charge in [-0.2, -0.15) is 0 Å². The van der Waals surface area contributed by atoms with Gasteiger partial charge in [0.2, 0.25) is 0 Å². The highest BCUT2D eigenvalue weighted by molar-refractivity contribution is 5.87. The third kappa shape index (κ3) is 5.76. The topological polar surface area (TPSA) is 93.1 Å². The van der Waals surface area contributed by atoms with Crippen molar-refractivity contribution < 1.29 is 29.1 Å². The summed E-state index contributed by atoms with van der Waals surface area (Å²) >= 11 is 0. The van der Waals surface area contributed by atoms with Crippen molar-refractivity contribution in [3.63, 3.8) is 0 Å². The molecule has 0 unspecified atom stereocenters. The lowest BCUT2D eigenvalue weighted by molar-refractivity contribution is -0.193. The summed E-state index contributed by atoms with van der Waals surface area (Å²) < 4.78 is 4.32. The molecular weight excluding hydrogens is 218 g/mol. The average molecular weight is 231 g/mol. The lowest BCUT2D eigenvalue weighted by Crippen LogP contribution is -2.37. The van der Waals surface area contributed by atoms with E-state index in [-0.39, 0.29) is 5.57 Å². The van der Waals surface area contributed by atoms with E-state index >= 15 is 0 Å². The molecule has 7 nitrogen and oxygen atoms in total. The minimum atomic E-state index is -1.24. The van der Waals surface area contributed by atoms with E-state index in [9.17, 15) is 14.4 Å². The second-order valence-electron chi connectivity index (χ2n) is 2.93. The molecule has 0 spiro atoms. The zero-order chi connectivity index (χ0) is 12.7. The van der Waals surface area contributed by atoms with Crippen molar-refractivity contribution in [2.24, 2.45) is 0 Å². The van der Waals surface area contributed by atoms with Crippen LogP contribution in [0.3, 0.4) is 0 Å². The second kappa shape index (κ2) is 6.57. The molecule has 0 aromatic heterocycles. The highest BCUT2D eigenvalue weighted by Crippen LogP contribution is 1.98. The van der Waals surface area contributed by atoms with Crippen molar-refractivity contribution in [1.82, 2.24) is 5.06 Å². The Labute approximate surface area is 92.2 Å². The Balaban J connectivity index is 4.42. The first-order valence-electron chi connectivity index (χ1n) is 4.28. The van der Waals surface area contributed by atoms with E-state index in [0.717, 1.165) is 7.11 Å². The number of rotatable bonds is 6. The Morgan fingerprint density at radius 1 is 1.31 bits per heavy atom. The first kappa shape index (κ1) is 14.1. The SMILES string of the molecule is C=C(C)C(=O)ON(CC(=O)O)CC(=O)OC. The van der Waals surface area contributed by atoms with Crippen LogP contribution < -0.4 is 0 Å². The largest absolute Gasteiger partial charge is 0.480 e. The van der Waals surface area contributed by atoms with Crippen LogP contribution in [0.4, 0.5) is 0 Å². The quantitative estimate of drug-likeness (QED) is 0.377. The summed E-state index contributed by atoms with van der Waals surface area (Å²) in [6.45, 7) is 3.65. The molecule has 1 N–H and O–H groups in total. The Morgan fingerprint density at radius 3 is 2.25 bits per heavy atom. The molecule has 90 valence electrons. The highest BCUT2D eigenvalue weighted by atomic mass is 16.7. The molecule has 0 fully saturated rings. The van der Waals surface area contributed by atoms with Crippen LogP contribution in [0.5, 0.6) is 0 Å². The van der Waals surface area contributed by atoms with Crippen molar-refractivity contribution in [2.75, 3.05) is 20.2 Å². The maximum absolute atomic E-state index is 11.1. The fourth-order valence-corrected chi connectivity index (χ4v) is 0.675. The first-order valence-corrected chi connectivity index (χ1v) is 4.28. The number of nitrogens with zero attached hydrogens (tertiary/aromatic N) is 1. The van der Waals surface area contributed by atoms with Crippen LogP contribution in [0.2, 0.25) is 0 Å². The van der Waals surface area contributed by atoms with Crippen molar-refractivity contribution >= 4 is 17.9 Å². The fourth-order valence-electron chi connectivity index (χ4n) is 0.675. The minimum Gasteiger partial charge on any atom is -0.480 e. The molecule has 0 aliphatic rings. The molecule has 0 aliphatic heterocycles. The van der Waals surface area contributed by atoms with Crippen molar-refractivity contribution in [1.29, 1.82) is 0 Å². The van der Waals surface area contributed by atoms with Gasteiger partial charge >= 0.3 is 17.9 Å². The maximum Gasteiger partial charge on any atom is 0.352 e. The standard InChI is InChI=1S/C9H13NO6/c1-6(2)9(14)16-10(4-7(11)12)5-8(13)15-3/h1,4-5H2,2-3H3,(H,11,12). The molecule has 0 saturated heterocycles. The molecule has 16 heavy (non-hydrogen) atoms. The predicted molar refractivity (Wildman–Crippen MR) is 52.1 cm³/mol. The summed E-state index contributed by atoms with van der Waals surface area (Å²) in [6, 6.07) is 0. The molecule has 0 heterocycles. The van der Waals surface area contributed by atoms with Crippen LogP contribution in [0.1, 0.15) is 6.92 Å². The number of hydrogen-bond donors (Lipinski definition) is 1. The Hall–Kier alpha value is -1.89. The molecule has 0 radical (unpaired) electrons. The average Bonchev–Trinajstić information content (AvgIpc) is 2.16. The van der Waals surface area contributed by atoms with Crippen LogP contribution in [-0.4, -0.2) is 48.3 Å². The third-order valence-corrected chi connectivity index (χ3v) is 1.41. The minimum absolute atomic E-state index is 0.0975. The molecule has 0 bridgehead atoms. The van der Waals surface area contributed by atoms with Gasteiger partial charge in [0, 0.05) is 5.57 Å². The van der Waals surface area contributed by atoms with Gasteiger partial charge in [-0.3, -0.25) is 9.59 Å². The summed E-state index contributed by atoms with van der Waals surface area (Å²) in [4.78, 5) is 37.0. The molecule has 0 aliphatic carbocycles. The van der Waals surface area contributed by atoms with E-state index in [0.29, 0.717) is 5.06 Å². The van der Waals surface area contributed by atoms with E-state index in [1.165, 1.54) is 6.92 Å². The number of carboxylic acids is 1. The van der Waals surface area contributed by atoms with Crippen LogP contribution >= 0.6 is 0 Å². The number of hydroxylamine groups is 2. The summed E-state index contributed by atoms with van der Waals surface area (Å²) in [5.41, 5.74) is 0.0975. The summed E-state index contributed by atoms with van der Waals surface area (Å²) in [5, 5.41) is 9.20. The van der Waals surface area contributed by atoms with Gasteiger partial charge in [-0.05, 0) is 6.92 Å². The smallest absolute Gasteiger partial charge is 0.352 e. The fraction of sp³-hybridized carbons (Fsp3) is 0.444.